The summed E-state index contributed by atoms with van der Waals surface area (Å²) < 4.78 is 37.2. The van der Waals surface area contributed by atoms with Crippen molar-refractivity contribution in [1.82, 2.24) is 9.62 Å². The van der Waals surface area contributed by atoms with Crippen LogP contribution < -0.4 is 10.1 Å². The summed E-state index contributed by atoms with van der Waals surface area (Å²) in [7, 11) is -3.53. The van der Waals surface area contributed by atoms with E-state index in [1.807, 2.05) is 0 Å². The van der Waals surface area contributed by atoms with E-state index in [0.717, 1.165) is 5.56 Å². The molecule has 2 aromatic carbocycles. The van der Waals surface area contributed by atoms with Crippen LogP contribution in [0.3, 0.4) is 0 Å². The quantitative estimate of drug-likeness (QED) is 0.689. The van der Waals surface area contributed by atoms with Gasteiger partial charge in [0.1, 0.15) is 5.75 Å². The van der Waals surface area contributed by atoms with Gasteiger partial charge < -0.3 is 14.8 Å². The van der Waals surface area contributed by atoms with Crippen LogP contribution in [0.4, 0.5) is 0 Å². The minimum atomic E-state index is -3.53. The van der Waals surface area contributed by atoms with Gasteiger partial charge in [-0.1, -0.05) is 35.3 Å². The molecular formula is C19H20Cl2N2O5S. The third kappa shape index (κ3) is 5.83. The van der Waals surface area contributed by atoms with Crippen LogP contribution in [-0.4, -0.2) is 51.5 Å². The maximum absolute atomic E-state index is 12.6. The Morgan fingerprint density at radius 1 is 1.10 bits per heavy atom. The smallest absolute Gasteiger partial charge is 0.258 e. The molecule has 1 aliphatic rings. The van der Waals surface area contributed by atoms with E-state index < -0.39 is 10.0 Å². The van der Waals surface area contributed by atoms with Gasteiger partial charge in [0.05, 0.1) is 23.1 Å². The molecule has 1 fully saturated rings. The van der Waals surface area contributed by atoms with Gasteiger partial charge in [-0.2, -0.15) is 4.31 Å². The molecule has 0 unspecified atom stereocenters. The molecule has 156 valence electrons. The molecule has 1 amide bonds. The molecule has 0 bridgehead atoms. The lowest BCUT2D eigenvalue weighted by Gasteiger charge is -2.26. The molecule has 1 saturated heterocycles. The van der Waals surface area contributed by atoms with E-state index in [2.05, 4.69) is 5.32 Å². The number of nitrogens with one attached hydrogen (secondary N) is 1. The Morgan fingerprint density at radius 3 is 2.48 bits per heavy atom. The highest BCUT2D eigenvalue weighted by Gasteiger charge is 2.26. The maximum atomic E-state index is 12.6. The molecule has 0 saturated carbocycles. The van der Waals surface area contributed by atoms with E-state index in [4.69, 9.17) is 32.7 Å². The first-order valence-corrected chi connectivity index (χ1v) is 11.1. The summed E-state index contributed by atoms with van der Waals surface area (Å²) in [5.74, 6) is -0.0157. The van der Waals surface area contributed by atoms with Crippen LogP contribution in [0.5, 0.6) is 5.75 Å². The van der Waals surface area contributed by atoms with Crippen molar-refractivity contribution >= 4 is 39.1 Å². The Bertz CT molecular complexity index is 961. The highest BCUT2D eigenvalue weighted by Crippen LogP contribution is 2.27. The van der Waals surface area contributed by atoms with Gasteiger partial charge in [0.15, 0.2) is 6.61 Å². The molecule has 1 heterocycles. The van der Waals surface area contributed by atoms with Crippen molar-refractivity contribution in [3.63, 3.8) is 0 Å². The predicted octanol–water partition coefficient (Wildman–Crippen LogP) is 2.71. The fourth-order valence-electron chi connectivity index (χ4n) is 2.70. The topological polar surface area (TPSA) is 84.9 Å². The fraction of sp³-hybridized carbons (Fsp3) is 0.316. The summed E-state index contributed by atoms with van der Waals surface area (Å²) in [6.07, 6.45) is 0. The summed E-state index contributed by atoms with van der Waals surface area (Å²) in [6, 6.07) is 11.2. The molecule has 0 atom stereocenters. The van der Waals surface area contributed by atoms with Crippen LogP contribution in [-0.2, 0) is 26.1 Å². The van der Waals surface area contributed by atoms with E-state index in [-0.39, 0.29) is 24.0 Å². The third-order valence-corrected chi connectivity index (χ3v) is 6.73. The second kappa shape index (κ2) is 9.77. The first-order chi connectivity index (χ1) is 13.9. The van der Waals surface area contributed by atoms with E-state index in [0.29, 0.717) is 42.1 Å². The SMILES string of the molecule is O=C(COc1cc(Cl)ccc1Cl)NCc1ccc(S(=O)(=O)N2CCOCC2)cc1. The van der Waals surface area contributed by atoms with Crippen molar-refractivity contribution in [2.75, 3.05) is 32.9 Å². The highest BCUT2D eigenvalue weighted by atomic mass is 35.5. The lowest BCUT2D eigenvalue weighted by Crippen LogP contribution is -2.40. The fourth-order valence-corrected chi connectivity index (χ4v) is 4.44. The van der Waals surface area contributed by atoms with E-state index in [1.165, 1.54) is 22.5 Å². The van der Waals surface area contributed by atoms with Gasteiger partial charge in [-0.3, -0.25) is 4.79 Å². The molecule has 2 aromatic rings. The van der Waals surface area contributed by atoms with Crippen molar-refractivity contribution < 1.29 is 22.7 Å². The van der Waals surface area contributed by atoms with Gasteiger partial charge in [-0.25, -0.2) is 8.42 Å². The number of morpholine rings is 1. The van der Waals surface area contributed by atoms with Crippen LogP contribution in [0.15, 0.2) is 47.4 Å². The summed E-state index contributed by atoms with van der Waals surface area (Å²) in [5.41, 5.74) is 0.764. The predicted molar refractivity (Wildman–Crippen MR) is 110 cm³/mol. The summed E-state index contributed by atoms with van der Waals surface area (Å²) >= 11 is 11.9. The zero-order valence-corrected chi connectivity index (χ0v) is 17.8. The molecule has 3 rings (SSSR count). The van der Waals surface area contributed by atoms with Crippen LogP contribution in [0.25, 0.3) is 0 Å². The third-order valence-electron chi connectivity index (χ3n) is 4.27. The van der Waals surface area contributed by atoms with Gasteiger partial charge in [0.2, 0.25) is 10.0 Å². The van der Waals surface area contributed by atoms with Gasteiger partial charge in [-0.15, -0.1) is 0 Å². The first-order valence-electron chi connectivity index (χ1n) is 8.87. The summed E-state index contributed by atoms with van der Waals surface area (Å²) in [4.78, 5) is 12.2. The van der Waals surface area contributed by atoms with Gasteiger partial charge in [-0.05, 0) is 29.8 Å². The molecule has 1 aliphatic heterocycles. The average Bonchev–Trinajstić information content (AvgIpc) is 2.74. The molecule has 10 heteroatoms. The number of halogens is 2. The van der Waals surface area contributed by atoms with E-state index in [9.17, 15) is 13.2 Å². The number of nitrogens with zero attached hydrogens (tertiary/aromatic N) is 1. The Labute approximate surface area is 179 Å². The van der Waals surface area contributed by atoms with Gasteiger partial charge in [0.25, 0.3) is 5.91 Å². The number of ether oxygens (including phenoxy) is 2. The van der Waals surface area contributed by atoms with Crippen molar-refractivity contribution in [3.8, 4) is 5.75 Å². The van der Waals surface area contributed by atoms with E-state index >= 15 is 0 Å². The molecule has 0 aromatic heterocycles. The number of benzene rings is 2. The van der Waals surface area contributed by atoms with Gasteiger partial charge >= 0.3 is 0 Å². The molecular weight excluding hydrogens is 439 g/mol. The molecule has 29 heavy (non-hydrogen) atoms. The number of amides is 1. The maximum Gasteiger partial charge on any atom is 0.258 e. The normalized spacial score (nSPS) is 15.1. The zero-order valence-electron chi connectivity index (χ0n) is 15.4. The van der Waals surface area contributed by atoms with E-state index in [1.54, 1.807) is 24.3 Å². The number of carbonyl (C=O) groups is 1. The highest BCUT2D eigenvalue weighted by molar-refractivity contribution is 7.89. The Balaban J connectivity index is 1.52. The lowest BCUT2D eigenvalue weighted by atomic mass is 10.2. The zero-order chi connectivity index (χ0) is 20.9. The first kappa shape index (κ1) is 21.9. The van der Waals surface area contributed by atoms with Crippen LogP contribution >= 0.6 is 23.2 Å². The molecule has 0 aliphatic carbocycles. The summed E-state index contributed by atoms with van der Waals surface area (Å²) in [6.45, 7) is 1.50. The second-order valence-electron chi connectivity index (χ2n) is 6.30. The minimum absolute atomic E-state index is 0.216. The number of sulfonamides is 1. The Kier molecular flexibility index (Phi) is 7.37. The number of hydrogen-bond acceptors (Lipinski definition) is 5. The van der Waals surface area contributed by atoms with Crippen molar-refractivity contribution in [1.29, 1.82) is 0 Å². The van der Waals surface area contributed by atoms with Crippen molar-refractivity contribution in [2.45, 2.75) is 11.4 Å². The molecule has 7 nitrogen and oxygen atoms in total. The standard InChI is InChI=1S/C19H20Cl2N2O5S/c20-15-3-6-17(21)18(11-15)28-13-19(24)22-12-14-1-4-16(5-2-14)29(25,26)23-7-9-27-10-8-23/h1-6,11H,7-10,12-13H2,(H,22,24). The lowest BCUT2D eigenvalue weighted by molar-refractivity contribution is -0.123. The molecule has 0 radical (unpaired) electrons. The largest absolute Gasteiger partial charge is 0.482 e. The number of carbonyl (C=O) groups excluding carboxylic acids is 1. The van der Waals surface area contributed by atoms with Crippen molar-refractivity contribution in [3.05, 3.63) is 58.1 Å². The monoisotopic (exact) mass is 458 g/mol. The minimum Gasteiger partial charge on any atom is -0.482 e. The van der Waals surface area contributed by atoms with Gasteiger partial charge in [0, 0.05) is 30.7 Å². The van der Waals surface area contributed by atoms with Crippen LogP contribution in [0, 0.1) is 0 Å². The average molecular weight is 459 g/mol. The molecule has 1 N–H and O–H groups in total. The van der Waals surface area contributed by atoms with Crippen LogP contribution in [0.1, 0.15) is 5.56 Å². The van der Waals surface area contributed by atoms with Crippen LogP contribution in [0.2, 0.25) is 10.0 Å². The Hall–Kier alpha value is -1.84. The molecule has 0 spiro atoms. The number of hydrogen-bond donors (Lipinski definition) is 1. The number of rotatable bonds is 7. The second-order valence-corrected chi connectivity index (χ2v) is 9.08. The Morgan fingerprint density at radius 2 is 1.79 bits per heavy atom. The van der Waals surface area contributed by atoms with Crippen molar-refractivity contribution in [2.24, 2.45) is 0 Å². The summed E-state index contributed by atoms with van der Waals surface area (Å²) in [5, 5.41) is 3.52.